The first-order valence-electron chi connectivity index (χ1n) is 6.09. The minimum absolute atomic E-state index is 0.284. The smallest absolute Gasteiger partial charge is 0.192 e. The Morgan fingerprint density at radius 2 is 1.94 bits per heavy atom. The largest absolute Gasteiger partial charge is 0.656 e. The van der Waals surface area contributed by atoms with Crippen LogP contribution < -0.4 is 0 Å². The first kappa shape index (κ1) is 14.2. The van der Waals surface area contributed by atoms with Gasteiger partial charge >= 0.3 is 0 Å². The molecule has 0 aromatic rings. The fourth-order valence-corrected chi connectivity index (χ4v) is 3.07. The zero-order chi connectivity index (χ0) is 12.4. The number of methoxy groups -OCH3 is 1. The van der Waals surface area contributed by atoms with Gasteiger partial charge in [-0.05, 0) is 24.6 Å². The average Bonchev–Trinajstić information content (AvgIpc) is 2.50. The summed E-state index contributed by atoms with van der Waals surface area (Å²) in [5.41, 5.74) is 0. The summed E-state index contributed by atoms with van der Waals surface area (Å²) in [6.45, 7) is 13.0. The molecule has 1 fully saturated rings. The molecule has 0 bridgehead atoms. The normalized spacial score (nSPS) is 27.4. The van der Waals surface area contributed by atoms with Crippen molar-refractivity contribution in [1.29, 1.82) is 0 Å². The maximum atomic E-state index is 6.33. The van der Waals surface area contributed by atoms with Gasteiger partial charge in [0.25, 0.3) is 0 Å². The van der Waals surface area contributed by atoms with E-state index in [-0.39, 0.29) is 5.04 Å². The molecule has 1 rings (SSSR count). The number of nitrogens with zero attached hydrogens (tertiary/aromatic N) is 1. The van der Waals surface area contributed by atoms with E-state index in [0.29, 0.717) is 12.1 Å². The van der Waals surface area contributed by atoms with Crippen LogP contribution in [0.1, 0.15) is 27.2 Å². The van der Waals surface area contributed by atoms with Gasteiger partial charge in [-0.15, -0.1) is 12.6 Å². The van der Waals surface area contributed by atoms with E-state index in [1.54, 1.807) is 7.11 Å². The highest BCUT2D eigenvalue weighted by Gasteiger charge is 2.39. The molecule has 0 spiro atoms. The maximum absolute atomic E-state index is 6.33. The monoisotopic (exact) mass is 244 g/mol. The fourth-order valence-electron chi connectivity index (χ4n) is 1.71. The molecule has 1 heterocycles. The lowest BCUT2D eigenvalue weighted by Gasteiger charge is -2.39. The number of hydrogen-bond acceptors (Lipinski definition) is 2. The number of rotatable bonds is 4. The van der Waals surface area contributed by atoms with Crippen molar-refractivity contribution < 1.29 is 9.16 Å². The molecule has 96 valence electrons. The summed E-state index contributed by atoms with van der Waals surface area (Å²) in [4.78, 5) is 0. The van der Waals surface area contributed by atoms with Gasteiger partial charge in [0.1, 0.15) is 0 Å². The van der Waals surface area contributed by atoms with Crippen LogP contribution in [0.4, 0.5) is 0 Å². The minimum Gasteiger partial charge on any atom is -0.656 e. The molecule has 0 aromatic carbocycles. The molecule has 1 saturated heterocycles. The molecule has 1 aliphatic heterocycles. The third kappa shape index (κ3) is 3.55. The highest BCUT2D eigenvalue weighted by molar-refractivity contribution is 6.74. The van der Waals surface area contributed by atoms with Crippen LogP contribution in [0.3, 0.4) is 0 Å². The number of hydrogen-bond donors (Lipinski definition) is 0. The third-order valence-corrected chi connectivity index (χ3v) is 8.26. The van der Waals surface area contributed by atoms with Crippen molar-refractivity contribution in [2.75, 3.05) is 20.3 Å². The van der Waals surface area contributed by atoms with E-state index < -0.39 is 8.32 Å². The van der Waals surface area contributed by atoms with Gasteiger partial charge in [0.05, 0.1) is 0 Å². The Morgan fingerprint density at radius 3 is 2.44 bits per heavy atom. The molecule has 0 unspecified atom stereocenters. The Balaban J connectivity index is 2.45. The molecule has 4 heteroatoms. The van der Waals surface area contributed by atoms with Gasteiger partial charge in [-0.25, -0.2) is 0 Å². The lowest BCUT2D eigenvalue weighted by atomic mass is 10.2. The molecule has 0 aliphatic carbocycles. The van der Waals surface area contributed by atoms with E-state index in [2.05, 4.69) is 39.2 Å². The van der Waals surface area contributed by atoms with Crippen molar-refractivity contribution in [3.05, 3.63) is 5.32 Å². The summed E-state index contributed by atoms with van der Waals surface area (Å²) in [7, 11) is 0.110. The number of ether oxygens (including phenoxy) is 1. The summed E-state index contributed by atoms with van der Waals surface area (Å²) in [6.07, 6.45) is 1.35. The molecule has 3 nitrogen and oxygen atoms in total. The van der Waals surface area contributed by atoms with Gasteiger partial charge in [-0.3, -0.25) is 0 Å². The predicted octanol–water partition coefficient (Wildman–Crippen LogP) is 3.17. The highest BCUT2D eigenvalue weighted by Crippen LogP contribution is 2.39. The van der Waals surface area contributed by atoms with Crippen molar-refractivity contribution >= 4 is 8.32 Å². The summed E-state index contributed by atoms with van der Waals surface area (Å²) in [5, 5.41) is 4.83. The average molecular weight is 244 g/mol. The molecule has 0 amide bonds. The standard InChI is InChI=1S/C12H26NO2Si/c1-12(2,3)16(5,6)15-11-7-10(9-14-4)13-8-11/h10-11H,7-9H2,1-6H3/q-1/t10-,11-/m0/s1. The second-order valence-electron chi connectivity index (χ2n) is 6.21. The van der Waals surface area contributed by atoms with Crippen LogP contribution in [0.5, 0.6) is 0 Å². The van der Waals surface area contributed by atoms with Crippen LogP contribution in [-0.2, 0) is 9.16 Å². The van der Waals surface area contributed by atoms with Gasteiger partial charge in [0.2, 0.25) is 0 Å². The SMILES string of the molecule is COC[C@@H]1C[C@H](O[Si](C)(C)C(C)(C)C)C[N-]1. The zero-order valence-electron chi connectivity index (χ0n) is 11.5. The van der Waals surface area contributed by atoms with Gasteiger partial charge < -0.3 is 14.5 Å². The lowest BCUT2D eigenvalue weighted by molar-refractivity contribution is 0.164. The lowest BCUT2D eigenvalue weighted by Crippen LogP contribution is -2.44. The van der Waals surface area contributed by atoms with Crippen molar-refractivity contribution in [2.24, 2.45) is 0 Å². The van der Waals surface area contributed by atoms with Crippen LogP contribution in [-0.4, -0.2) is 40.7 Å². The van der Waals surface area contributed by atoms with Gasteiger partial charge in [0.15, 0.2) is 8.32 Å². The summed E-state index contributed by atoms with van der Waals surface area (Å²) in [5.74, 6) is 0. The van der Waals surface area contributed by atoms with Crippen LogP contribution in [0.2, 0.25) is 18.1 Å². The van der Waals surface area contributed by atoms with Crippen molar-refractivity contribution in [2.45, 2.75) is 57.5 Å². The molecule has 0 N–H and O–H groups in total. The Hall–Kier alpha value is 0.0969. The predicted molar refractivity (Wildman–Crippen MR) is 70.6 cm³/mol. The van der Waals surface area contributed by atoms with Crippen LogP contribution in [0.25, 0.3) is 5.32 Å². The van der Waals surface area contributed by atoms with Crippen LogP contribution >= 0.6 is 0 Å². The van der Waals surface area contributed by atoms with E-state index in [9.17, 15) is 0 Å². The Bertz CT molecular complexity index is 226. The highest BCUT2D eigenvalue weighted by atomic mass is 28.4. The summed E-state index contributed by atoms with van der Waals surface area (Å²) in [6, 6.07) is 0.347. The molecule has 0 saturated carbocycles. The van der Waals surface area contributed by atoms with Gasteiger partial charge in [-0.1, -0.05) is 20.8 Å². The molecule has 1 aliphatic rings. The van der Waals surface area contributed by atoms with Crippen molar-refractivity contribution in [3.8, 4) is 0 Å². The quantitative estimate of drug-likeness (QED) is 0.712. The third-order valence-electron chi connectivity index (χ3n) is 3.73. The molecular weight excluding hydrogens is 218 g/mol. The van der Waals surface area contributed by atoms with E-state index in [1.165, 1.54) is 0 Å². The first-order valence-corrected chi connectivity index (χ1v) is 9.00. The second kappa shape index (κ2) is 5.17. The van der Waals surface area contributed by atoms with E-state index in [4.69, 9.17) is 9.16 Å². The Morgan fingerprint density at radius 1 is 1.31 bits per heavy atom. The minimum atomic E-state index is -1.62. The maximum Gasteiger partial charge on any atom is 0.192 e. The van der Waals surface area contributed by atoms with E-state index >= 15 is 0 Å². The summed E-state index contributed by atoms with van der Waals surface area (Å²) < 4.78 is 11.5. The second-order valence-corrected chi connectivity index (χ2v) is 11.0. The summed E-state index contributed by atoms with van der Waals surface area (Å²) >= 11 is 0. The fraction of sp³-hybridized carbons (Fsp3) is 1.00. The molecule has 16 heavy (non-hydrogen) atoms. The Kier molecular flexibility index (Phi) is 4.57. The molecule has 0 aromatic heterocycles. The van der Waals surface area contributed by atoms with Gasteiger partial charge in [0, 0.05) is 19.8 Å². The molecule has 0 radical (unpaired) electrons. The zero-order valence-corrected chi connectivity index (χ0v) is 12.5. The van der Waals surface area contributed by atoms with Crippen molar-refractivity contribution in [3.63, 3.8) is 0 Å². The van der Waals surface area contributed by atoms with Gasteiger partial charge in [-0.2, -0.15) is 0 Å². The Labute approximate surface area is 101 Å². The van der Waals surface area contributed by atoms with Crippen molar-refractivity contribution in [1.82, 2.24) is 0 Å². The topological polar surface area (TPSA) is 32.6 Å². The first-order chi connectivity index (χ1) is 7.26. The molecular formula is C12H26NO2Si-. The molecule has 2 atom stereocenters. The van der Waals surface area contributed by atoms with E-state index in [0.717, 1.165) is 19.6 Å². The van der Waals surface area contributed by atoms with Crippen LogP contribution in [0, 0.1) is 0 Å². The van der Waals surface area contributed by atoms with E-state index in [1.807, 2.05) is 0 Å². The van der Waals surface area contributed by atoms with Crippen LogP contribution in [0.15, 0.2) is 0 Å².